The van der Waals surface area contributed by atoms with Crippen LogP contribution in [0.15, 0.2) is 65.1 Å². The van der Waals surface area contributed by atoms with Gasteiger partial charge in [-0.25, -0.2) is 9.97 Å². The molecule has 0 radical (unpaired) electrons. The molecule has 7 heteroatoms. The minimum Gasteiger partial charge on any atom is -0.430 e. The number of nitrogens with one attached hydrogen (secondary N) is 1. The molecule has 0 fully saturated rings. The molecule has 27 heavy (non-hydrogen) atoms. The molecule has 0 bridgehead atoms. The Morgan fingerprint density at radius 1 is 0.852 bits per heavy atom. The van der Waals surface area contributed by atoms with Crippen molar-refractivity contribution in [1.29, 1.82) is 0 Å². The van der Waals surface area contributed by atoms with Crippen molar-refractivity contribution in [2.45, 2.75) is 6.42 Å². The van der Waals surface area contributed by atoms with Crippen molar-refractivity contribution in [1.82, 2.24) is 15.0 Å². The maximum atomic E-state index is 5.98. The fraction of sp³-hybridized carbons (Fsp3) is 0.150. The summed E-state index contributed by atoms with van der Waals surface area (Å²) < 4.78 is 5.98. The van der Waals surface area contributed by atoms with Crippen molar-refractivity contribution in [3.8, 4) is 22.8 Å². The van der Waals surface area contributed by atoms with Crippen LogP contribution in [0.3, 0.4) is 0 Å². The number of fused-ring (bicyclic) bond motifs is 1. The second kappa shape index (κ2) is 8.62. The van der Waals surface area contributed by atoms with Crippen molar-refractivity contribution >= 4 is 29.5 Å². The molecule has 0 aliphatic heterocycles. The van der Waals surface area contributed by atoms with E-state index >= 15 is 0 Å². The van der Waals surface area contributed by atoms with E-state index in [0.717, 1.165) is 17.5 Å². The monoisotopic (exact) mass is 381 g/mol. The lowest BCUT2D eigenvalue weighted by Crippen LogP contribution is -2.10. The largest absolute Gasteiger partial charge is 0.430 e. The first kappa shape index (κ1) is 18.8. The van der Waals surface area contributed by atoms with Gasteiger partial charge in [0.05, 0.1) is 0 Å². The molecular formula is C20H20ClN5O. The maximum Gasteiger partial charge on any atom is 0.229 e. The van der Waals surface area contributed by atoms with Crippen LogP contribution in [-0.2, 0) is 0 Å². The summed E-state index contributed by atoms with van der Waals surface area (Å²) in [5.41, 5.74) is 8.52. The first-order valence-corrected chi connectivity index (χ1v) is 8.58. The van der Waals surface area contributed by atoms with Crippen molar-refractivity contribution in [3.05, 3.63) is 60.7 Å². The second-order valence-corrected chi connectivity index (χ2v) is 5.87. The molecule has 2 heterocycles. The van der Waals surface area contributed by atoms with E-state index in [-0.39, 0.29) is 12.4 Å². The van der Waals surface area contributed by atoms with Crippen LogP contribution < -0.4 is 11.1 Å². The summed E-state index contributed by atoms with van der Waals surface area (Å²) in [5, 5.41) is 3.30. The summed E-state index contributed by atoms with van der Waals surface area (Å²) in [5.74, 6) is 1.78. The third-order valence-electron chi connectivity index (χ3n) is 3.98. The highest BCUT2D eigenvalue weighted by atomic mass is 35.5. The lowest BCUT2D eigenvalue weighted by atomic mass is 10.2. The van der Waals surface area contributed by atoms with Gasteiger partial charge in [0.2, 0.25) is 17.1 Å². The molecule has 0 spiro atoms. The summed E-state index contributed by atoms with van der Waals surface area (Å²) in [6, 6.07) is 19.6. The zero-order valence-corrected chi connectivity index (χ0v) is 15.4. The average molecular weight is 382 g/mol. The van der Waals surface area contributed by atoms with E-state index in [0.29, 0.717) is 41.9 Å². The predicted octanol–water partition coefficient (Wildman–Crippen LogP) is 4.13. The molecule has 0 saturated carbocycles. The Balaban J connectivity index is 0.00000210. The number of halogens is 1. The van der Waals surface area contributed by atoms with Crippen LogP contribution in [0.2, 0.25) is 0 Å². The van der Waals surface area contributed by atoms with E-state index in [1.807, 2.05) is 60.7 Å². The fourth-order valence-electron chi connectivity index (χ4n) is 2.67. The number of aromatic nitrogens is 3. The summed E-state index contributed by atoms with van der Waals surface area (Å²) in [4.78, 5) is 13.8. The second-order valence-electron chi connectivity index (χ2n) is 5.87. The highest BCUT2D eigenvalue weighted by Crippen LogP contribution is 2.29. The van der Waals surface area contributed by atoms with Crippen LogP contribution in [0.1, 0.15) is 6.42 Å². The van der Waals surface area contributed by atoms with Gasteiger partial charge in [0.15, 0.2) is 11.6 Å². The van der Waals surface area contributed by atoms with E-state index in [2.05, 4.69) is 20.3 Å². The number of hydrogen-bond donors (Lipinski definition) is 2. The molecular weight excluding hydrogens is 362 g/mol. The molecule has 0 aliphatic rings. The maximum absolute atomic E-state index is 5.98. The van der Waals surface area contributed by atoms with E-state index < -0.39 is 0 Å². The van der Waals surface area contributed by atoms with Crippen LogP contribution in [0.5, 0.6) is 0 Å². The number of nitrogens with two attached hydrogens (primary N) is 1. The lowest BCUT2D eigenvalue weighted by molar-refractivity contribution is 0.619. The summed E-state index contributed by atoms with van der Waals surface area (Å²) >= 11 is 0. The molecule has 138 valence electrons. The van der Waals surface area contributed by atoms with Gasteiger partial charge in [-0.05, 0) is 25.1 Å². The van der Waals surface area contributed by atoms with Crippen molar-refractivity contribution in [2.24, 2.45) is 5.73 Å². The van der Waals surface area contributed by atoms with E-state index in [9.17, 15) is 0 Å². The van der Waals surface area contributed by atoms with Gasteiger partial charge in [0.25, 0.3) is 0 Å². The highest BCUT2D eigenvalue weighted by Gasteiger charge is 2.16. The quantitative estimate of drug-likeness (QED) is 0.488. The summed E-state index contributed by atoms with van der Waals surface area (Å²) in [6.07, 6.45) is 0.839. The first-order valence-electron chi connectivity index (χ1n) is 8.58. The molecule has 0 amide bonds. The van der Waals surface area contributed by atoms with Crippen molar-refractivity contribution in [3.63, 3.8) is 0 Å². The molecule has 2 aromatic heterocycles. The molecule has 4 aromatic rings. The lowest BCUT2D eigenvalue weighted by Gasteiger charge is -2.07. The van der Waals surface area contributed by atoms with Gasteiger partial charge in [-0.1, -0.05) is 48.5 Å². The normalized spacial score (nSPS) is 10.6. The van der Waals surface area contributed by atoms with E-state index in [1.54, 1.807) is 0 Å². The Morgan fingerprint density at radius 3 is 2.19 bits per heavy atom. The van der Waals surface area contributed by atoms with Crippen molar-refractivity contribution < 1.29 is 4.42 Å². The minimum atomic E-state index is 0. The number of oxazole rings is 1. The zero-order valence-electron chi connectivity index (χ0n) is 14.6. The number of benzene rings is 2. The van der Waals surface area contributed by atoms with Gasteiger partial charge in [-0.2, -0.15) is 4.98 Å². The van der Waals surface area contributed by atoms with Crippen LogP contribution in [-0.4, -0.2) is 28.0 Å². The van der Waals surface area contributed by atoms with Crippen LogP contribution in [0.25, 0.3) is 34.1 Å². The van der Waals surface area contributed by atoms with Gasteiger partial charge in [0, 0.05) is 17.7 Å². The van der Waals surface area contributed by atoms with Crippen LogP contribution in [0.4, 0.5) is 5.82 Å². The van der Waals surface area contributed by atoms with E-state index in [4.69, 9.17) is 10.2 Å². The number of anilines is 1. The van der Waals surface area contributed by atoms with Gasteiger partial charge >= 0.3 is 0 Å². The Hall–Kier alpha value is -2.96. The molecule has 6 nitrogen and oxygen atoms in total. The molecule has 0 saturated heterocycles. The Morgan fingerprint density at radius 2 is 1.52 bits per heavy atom. The molecule has 0 atom stereocenters. The topological polar surface area (TPSA) is 89.9 Å². The molecule has 4 rings (SSSR count). The van der Waals surface area contributed by atoms with E-state index in [1.165, 1.54) is 0 Å². The Bertz CT molecular complexity index is 1010. The van der Waals surface area contributed by atoms with Crippen LogP contribution in [0, 0.1) is 0 Å². The number of rotatable bonds is 6. The minimum absolute atomic E-state index is 0. The summed E-state index contributed by atoms with van der Waals surface area (Å²) in [6.45, 7) is 1.32. The standard InChI is InChI=1S/C20H19N5O.ClH/c21-12-7-13-22-18-16-19(24-17(23-18)14-8-3-1-4-9-14)25-20(26-16)15-10-5-2-6-11-15;/h1-6,8-11H,7,12-13,21H2,(H,22,23,24);1H. The Kier molecular flexibility index (Phi) is 6.01. The fourth-order valence-corrected chi connectivity index (χ4v) is 2.67. The molecule has 0 unspecified atom stereocenters. The zero-order chi connectivity index (χ0) is 17.8. The van der Waals surface area contributed by atoms with Crippen LogP contribution >= 0.6 is 12.4 Å². The number of nitrogens with zero attached hydrogens (tertiary/aromatic N) is 3. The van der Waals surface area contributed by atoms with Crippen molar-refractivity contribution in [2.75, 3.05) is 18.4 Å². The average Bonchev–Trinajstić information content (AvgIpc) is 3.14. The molecule has 0 aliphatic carbocycles. The first-order chi connectivity index (χ1) is 12.8. The third kappa shape index (κ3) is 4.07. The smallest absolute Gasteiger partial charge is 0.229 e. The van der Waals surface area contributed by atoms with Gasteiger partial charge in [0.1, 0.15) is 0 Å². The molecule has 2 aromatic carbocycles. The van der Waals surface area contributed by atoms with Gasteiger partial charge in [-0.3, -0.25) is 0 Å². The highest BCUT2D eigenvalue weighted by molar-refractivity contribution is 5.85. The number of hydrogen-bond acceptors (Lipinski definition) is 6. The van der Waals surface area contributed by atoms with Gasteiger partial charge in [-0.15, -0.1) is 12.4 Å². The SMILES string of the molecule is Cl.NCCCNc1nc(-c2ccccc2)nc2nc(-c3ccccc3)oc12. The predicted molar refractivity (Wildman–Crippen MR) is 110 cm³/mol. The third-order valence-corrected chi connectivity index (χ3v) is 3.98. The summed E-state index contributed by atoms with van der Waals surface area (Å²) in [7, 11) is 0. The van der Waals surface area contributed by atoms with Gasteiger partial charge < -0.3 is 15.5 Å². The Labute approximate surface area is 163 Å². The molecule has 3 N–H and O–H groups in total.